The van der Waals surface area contributed by atoms with E-state index in [1.807, 2.05) is 20.8 Å². The van der Waals surface area contributed by atoms with E-state index in [9.17, 15) is 9.59 Å². The van der Waals surface area contributed by atoms with Crippen LogP contribution >= 0.6 is 0 Å². The van der Waals surface area contributed by atoms with Gasteiger partial charge >= 0.3 is 0 Å². The fourth-order valence-electron chi connectivity index (χ4n) is 2.17. The van der Waals surface area contributed by atoms with Gasteiger partial charge in [0, 0.05) is 29.8 Å². The van der Waals surface area contributed by atoms with Gasteiger partial charge in [-0.2, -0.15) is 0 Å². The zero-order valence-corrected chi connectivity index (χ0v) is 13.4. The van der Waals surface area contributed by atoms with Crippen LogP contribution in [0.15, 0.2) is 24.3 Å². The van der Waals surface area contributed by atoms with Gasteiger partial charge in [-0.15, -0.1) is 0 Å². The van der Waals surface area contributed by atoms with Gasteiger partial charge in [-0.05, 0) is 31.0 Å². The van der Waals surface area contributed by atoms with Crippen molar-refractivity contribution in [2.75, 3.05) is 18.5 Å². The van der Waals surface area contributed by atoms with Crippen LogP contribution in [0.3, 0.4) is 0 Å². The molecule has 0 bridgehead atoms. The normalized spacial score (nSPS) is 18.0. The van der Waals surface area contributed by atoms with Crippen LogP contribution in [-0.2, 0) is 9.53 Å². The van der Waals surface area contributed by atoms with Crippen LogP contribution < -0.4 is 10.6 Å². The third-order valence-corrected chi connectivity index (χ3v) is 3.58. The highest BCUT2D eigenvalue weighted by Crippen LogP contribution is 2.18. The second-order valence-corrected chi connectivity index (χ2v) is 6.63. The monoisotopic (exact) mass is 304 g/mol. The molecule has 1 aliphatic heterocycles. The Balaban J connectivity index is 1.95. The molecule has 2 N–H and O–H groups in total. The molecule has 0 radical (unpaired) electrons. The number of benzene rings is 1. The quantitative estimate of drug-likeness (QED) is 0.898. The maximum absolute atomic E-state index is 12.2. The fraction of sp³-hybridized carbons (Fsp3) is 0.529. The van der Waals surface area contributed by atoms with Crippen LogP contribution in [0.25, 0.3) is 0 Å². The molecule has 1 aliphatic rings. The fourth-order valence-corrected chi connectivity index (χ4v) is 2.17. The molecule has 0 spiro atoms. The van der Waals surface area contributed by atoms with Crippen molar-refractivity contribution in [1.82, 2.24) is 5.32 Å². The molecule has 22 heavy (non-hydrogen) atoms. The Hall–Kier alpha value is -1.88. The minimum absolute atomic E-state index is 0.0792. The van der Waals surface area contributed by atoms with E-state index >= 15 is 0 Å². The number of nitrogens with one attached hydrogen (secondary N) is 2. The summed E-state index contributed by atoms with van der Waals surface area (Å²) in [5.74, 6) is -0.230. The third kappa shape index (κ3) is 4.56. The summed E-state index contributed by atoms with van der Waals surface area (Å²) in [6.07, 6.45) is 2.16. The van der Waals surface area contributed by atoms with E-state index in [4.69, 9.17) is 4.74 Å². The van der Waals surface area contributed by atoms with Crippen LogP contribution in [0.5, 0.6) is 0 Å². The lowest BCUT2D eigenvalue weighted by Gasteiger charge is -2.18. The number of ether oxygens (including phenoxy) is 1. The first-order valence-corrected chi connectivity index (χ1v) is 7.67. The Morgan fingerprint density at radius 2 is 2.09 bits per heavy atom. The number of anilines is 1. The van der Waals surface area contributed by atoms with Gasteiger partial charge in [0.2, 0.25) is 5.91 Å². The van der Waals surface area contributed by atoms with Crippen molar-refractivity contribution >= 4 is 17.5 Å². The number of hydrogen-bond acceptors (Lipinski definition) is 3. The summed E-state index contributed by atoms with van der Waals surface area (Å²) in [6.45, 7) is 6.84. The van der Waals surface area contributed by atoms with Crippen LogP contribution in [0.4, 0.5) is 5.69 Å². The highest BCUT2D eigenvalue weighted by Gasteiger charge is 2.21. The maximum Gasteiger partial charge on any atom is 0.251 e. The summed E-state index contributed by atoms with van der Waals surface area (Å²) in [6, 6.07) is 6.96. The van der Waals surface area contributed by atoms with Gasteiger partial charge in [0.15, 0.2) is 0 Å². The lowest BCUT2D eigenvalue weighted by molar-refractivity contribution is -0.123. The number of amides is 2. The van der Waals surface area contributed by atoms with Gasteiger partial charge in [-0.1, -0.05) is 26.8 Å². The van der Waals surface area contributed by atoms with E-state index in [2.05, 4.69) is 10.6 Å². The molecule has 5 heteroatoms. The second-order valence-electron chi connectivity index (χ2n) is 6.63. The zero-order chi connectivity index (χ0) is 16.2. The molecule has 1 atom stereocenters. The van der Waals surface area contributed by atoms with Crippen molar-refractivity contribution in [3.63, 3.8) is 0 Å². The largest absolute Gasteiger partial charge is 0.376 e. The van der Waals surface area contributed by atoms with E-state index in [0.717, 1.165) is 19.4 Å². The number of rotatable bonds is 4. The minimum Gasteiger partial charge on any atom is -0.376 e. The standard InChI is InChI=1S/C17H24N2O3/c1-17(2,3)16(21)19-13-7-4-6-12(10-13)15(20)18-11-14-8-5-9-22-14/h4,6-7,10,14H,5,8-9,11H2,1-3H3,(H,18,20)(H,19,21)/t14-/m1/s1. The topological polar surface area (TPSA) is 67.4 Å². The molecule has 1 aromatic rings. The summed E-state index contributed by atoms with van der Waals surface area (Å²) in [7, 11) is 0. The molecule has 2 rings (SSSR count). The predicted octanol–water partition coefficient (Wildman–Crippen LogP) is 2.58. The van der Waals surface area contributed by atoms with E-state index in [-0.39, 0.29) is 17.9 Å². The molecule has 0 aliphatic carbocycles. The smallest absolute Gasteiger partial charge is 0.251 e. The summed E-state index contributed by atoms with van der Waals surface area (Å²) in [5, 5.41) is 5.71. The molecule has 2 amide bonds. The molecule has 120 valence electrons. The van der Waals surface area contributed by atoms with Crippen molar-refractivity contribution in [2.24, 2.45) is 5.41 Å². The van der Waals surface area contributed by atoms with E-state index in [1.165, 1.54) is 0 Å². The summed E-state index contributed by atoms with van der Waals surface area (Å²) in [5.41, 5.74) is 0.687. The van der Waals surface area contributed by atoms with Crippen molar-refractivity contribution in [2.45, 2.75) is 39.7 Å². The Morgan fingerprint density at radius 3 is 2.73 bits per heavy atom. The minimum atomic E-state index is -0.474. The van der Waals surface area contributed by atoms with Gasteiger partial charge in [0.1, 0.15) is 0 Å². The zero-order valence-electron chi connectivity index (χ0n) is 13.4. The molecular weight excluding hydrogens is 280 g/mol. The van der Waals surface area contributed by atoms with Crippen molar-refractivity contribution in [3.05, 3.63) is 29.8 Å². The van der Waals surface area contributed by atoms with Gasteiger partial charge in [0.05, 0.1) is 6.10 Å². The summed E-state index contributed by atoms with van der Waals surface area (Å²) in [4.78, 5) is 24.1. The van der Waals surface area contributed by atoms with E-state index in [1.54, 1.807) is 24.3 Å². The maximum atomic E-state index is 12.2. The predicted molar refractivity (Wildman–Crippen MR) is 85.8 cm³/mol. The first kappa shape index (κ1) is 16.5. The number of carbonyl (C=O) groups is 2. The second kappa shape index (κ2) is 6.92. The Bertz CT molecular complexity index is 543. The van der Waals surface area contributed by atoms with Crippen LogP contribution in [0.1, 0.15) is 44.0 Å². The third-order valence-electron chi connectivity index (χ3n) is 3.58. The van der Waals surface area contributed by atoms with Gasteiger partial charge in [-0.25, -0.2) is 0 Å². The lowest BCUT2D eigenvalue weighted by Crippen LogP contribution is -2.32. The average Bonchev–Trinajstić information content (AvgIpc) is 2.97. The first-order chi connectivity index (χ1) is 10.4. The number of carbonyl (C=O) groups excluding carboxylic acids is 2. The van der Waals surface area contributed by atoms with Gasteiger partial charge < -0.3 is 15.4 Å². The van der Waals surface area contributed by atoms with Crippen LogP contribution in [0.2, 0.25) is 0 Å². The van der Waals surface area contributed by atoms with Crippen molar-refractivity contribution < 1.29 is 14.3 Å². The molecule has 1 fully saturated rings. The van der Waals surface area contributed by atoms with E-state index in [0.29, 0.717) is 17.8 Å². The van der Waals surface area contributed by atoms with Crippen LogP contribution in [0, 0.1) is 5.41 Å². The Labute approximate surface area is 131 Å². The van der Waals surface area contributed by atoms with Gasteiger partial charge in [0.25, 0.3) is 5.91 Å². The summed E-state index contributed by atoms with van der Waals surface area (Å²) < 4.78 is 5.48. The molecule has 0 saturated carbocycles. The molecular formula is C17H24N2O3. The molecule has 0 unspecified atom stereocenters. The SMILES string of the molecule is CC(C)(C)C(=O)Nc1cccc(C(=O)NC[C@H]2CCCO2)c1. The first-order valence-electron chi connectivity index (χ1n) is 7.67. The summed E-state index contributed by atoms with van der Waals surface area (Å²) >= 11 is 0. The molecule has 0 aromatic heterocycles. The van der Waals surface area contributed by atoms with Crippen molar-refractivity contribution in [1.29, 1.82) is 0 Å². The molecule has 5 nitrogen and oxygen atoms in total. The number of hydrogen-bond donors (Lipinski definition) is 2. The Morgan fingerprint density at radius 1 is 1.32 bits per heavy atom. The average molecular weight is 304 g/mol. The highest BCUT2D eigenvalue weighted by atomic mass is 16.5. The van der Waals surface area contributed by atoms with E-state index < -0.39 is 5.41 Å². The Kier molecular flexibility index (Phi) is 5.19. The molecule has 1 saturated heterocycles. The highest BCUT2D eigenvalue weighted by molar-refractivity contribution is 5.98. The molecule has 1 heterocycles. The van der Waals surface area contributed by atoms with Crippen LogP contribution in [-0.4, -0.2) is 31.1 Å². The lowest BCUT2D eigenvalue weighted by atomic mass is 9.95. The van der Waals surface area contributed by atoms with Gasteiger partial charge in [-0.3, -0.25) is 9.59 Å². The molecule has 1 aromatic carbocycles. The van der Waals surface area contributed by atoms with Crippen molar-refractivity contribution in [3.8, 4) is 0 Å².